The molecular formula is C25H21ClFNO3. The van der Waals surface area contributed by atoms with Gasteiger partial charge in [0.15, 0.2) is 0 Å². The molecule has 158 valence electrons. The molecule has 1 unspecified atom stereocenters. The summed E-state index contributed by atoms with van der Waals surface area (Å²) in [6.07, 6.45) is 0. The third-order valence-electron chi connectivity index (χ3n) is 5.05. The summed E-state index contributed by atoms with van der Waals surface area (Å²) in [5.74, 6) is -0.860. The highest BCUT2D eigenvalue weighted by molar-refractivity contribution is 6.30. The molecule has 0 heterocycles. The average Bonchev–Trinajstić information content (AvgIpc) is 2.76. The highest BCUT2D eigenvalue weighted by atomic mass is 35.5. The largest absolute Gasteiger partial charge is 0.485 e. The van der Waals surface area contributed by atoms with Gasteiger partial charge < -0.3 is 9.47 Å². The minimum absolute atomic E-state index is 0.00329. The predicted octanol–water partition coefficient (Wildman–Crippen LogP) is 5.84. The summed E-state index contributed by atoms with van der Waals surface area (Å²) in [7, 11) is 0. The maximum atomic E-state index is 13.4. The second-order valence-electron chi connectivity index (χ2n) is 7.50. The lowest BCUT2D eigenvalue weighted by molar-refractivity contribution is -0.156. The Bertz CT molecular complexity index is 1080. The maximum Gasteiger partial charge on any atom is 0.335 e. The second-order valence-corrected chi connectivity index (χ2v) is 7.93. The van der Waals surface area contributed by atoms with Crippen molar-refractivity contribution in [3.63, 3.8) is 0 Å². The van der Waals surface area contributed by atoms with Gasteiger partial charge in [0, 0.05) is 5.02 Å². The molecule has 0 aliphatic rings. The lowest BCUT2D eigenvalue weighted by atomic mass is 9.69. The molecule has 3 aromatic carbocycles. The molecular weight excluding hydrogens is 417 g/mol. The fourth-order valence-corrected chi connectivity index (χ4v) is 3.49. The van der Waals surface area contributed by atoms with Gasteiger partial charge in [0.05, 0.1) is 6.07 Å². The summed E-state index contributed by atoms with van der Waals surface area (Å²) in [6, 6.07) is 23.1. The molecule has 0 aromatic heterocycles. The van der Waals surface area contributed by atoms with E-state index in [0.29, 0.717) is 16.3 Å². The summed E-state index contributed by atoms with van der Waals surface area (Å²) in [4.78, 5) is 13.4. The maximum absolute atomic E-state index is 13.4. The fraction of sp³-hybridized carbons (Fsp3) is 0.200. The van der Waals surface area contributed by atoms with E-state index in [1.165, 1.54) is 24.3 Å². The van der Waals surface area contributed by atoms with Gasteiger partial charge >= 0.3 is 5.97 Å². The van der Waals surface area contributed by atoms with Gasteiger partial charge in [-0.15, -0.1) is 0 Å². The Morgan fingerprint density at radius 2 is 1.61 bits per heavy atom. The monoisotopic (exact) mass is 437 g/mol. The summed E-state index contributed by atoms with van der Waals surface area (Å²) < 4.78 is 24.9. The Hall–Kier alpha value is -3.36. The third-order valence-corrected chi connectivity index (χ3v) is 5.31. The van der Waals surface area contributed by atoms with Crippen LogP contribution in [0.5, 0.6) is 5.75 Å². The number of ether oxygens (including phenoxy) is 2. The van der Waals surface area contributed by atoms with Crippen LogP contribution in [-0.2, 0) is 21.6 Å². The summed E-state index contributed by atoms with van der Waals surface area (Å²) in [5, 5.41) is 10.8. The first-order chi connectivity index (χ1) is 14.8. The van der Waals surface area contributed by atoms with Crippen molar-refractivity contribution in [1.82, 2.24) is 0 Å². The van der Waals surface area contributed by atoms with Gasteiger partial charge in [-0.1, -0.05) is 54.1 Å². The number of rotatable bonds is 7. The normalized spacial score (nSPS) is 13.0. The van der Waals surface area contributed by atoms with Gasteiger partial charge in [0.1, 0.15) is 23.8 Å². The van der Waals surface area contributed by atoms with Crippen LogP contribution in [0.4, 0.5) is 4.39 Å². The first-order valence-corrected chi connectivity index (χ1v) is 9.99. The quantitative estimate of drug-likeness (QED) is 0.435. The molecule has 0 fully saturated rings. The van der Waals surface area contributed by atoms with Crippen LogP contribution in [0, 0.1) is 17.1 Å². The van der Waals surface area contributed by atoms with E-state index in [4.69, 9.17) is 21.1 Å². The highest BCUT2D eigenvalue weighted by Gasteiger charge is 2.57. The number of carbonyl (C=O) groups excluding carboxylic acids is 1. The van der Waals surface area contributed by atoms with Crippen molar-refractivity contribution in [2.45, 2.75) is 31.5 Å². The van der Waals surface area contributed by atoms with Gasteiger partial charge in [0.2, 0.25) is 5.41 Å². The zero-order valence-electron chi connectivity index (χ0n) is 17.1. The van der Waals surface area contributed by atoms with Crippen LogP contribution in [0.3, 0.4) is 0 Å². The summed E-state index contributed by atoms with van der Waals surface area (Å²) in [6.45, 7) is 3.25. The van der Waals surface area contributed by atoms with Crippen LogP contribution in [0.25, 0.3) is 0 Å². The predicted molar refractivity (Wildman–Crippen MR) is 116 cm³/mol. The van der Waals surface area contributed by atoms with E-state index in [0.717, 1.165) is 5.56 Å². The molecule has 3 aromatic rings. The van der Waals surface area contributed by atoms with E-state index in [9.17, 15) is 14.4 Å². The first kappa shape index (κ1) is 22.3. The number of halogens is 2. The highest BCUT2D eigenvalue weighted by Crippen LogP contribution is 2.40. The van der Waals surface area contributed by atoms with Crippen molar-refractivity contribution in [2.24, 2.45) is 0 Å². The summed E-state index contributed by atoms with van der Waals surface area (Å²) >= 11 is 6.02. The second kappa shape index (κ2) is 9.20. The third kappa shape index (κ3) is 4.70. The topological polar surface area (TPSA) is 59.3 Å². The minimum Gasteiger partial charge on any atom is -0.485 e. The Morgan fingerprint density at radius 1 is 1.00 bits per heavy atom. The van der Waals surface area contributed by atoms with Crippen molar-refractivity contribution in [1.29, 1.82) is 5.26 Å². The van der Waals surface area contributed by atoms with Crippen LogP contribution >= 0.6 is 11.6 Å². The van der Waals surface area contributed by atoms with Gasteiger partial charge in [-0.05, 0) is 61.4 Å². The number of esters is 1. The van der Waals surface area contributed by atoms with E-state index < -0.39 is 22.8 Å². The molecule has 6 heteroatoms. The van der Waals surface area contributed by atoms with Gasteiger partial charge in [0.25, 0.3) is 0 Å². The number of carbonyl (C=O) groups is 1. The number of nitriles is 1. The molecule has 3 rings (SSSR count). The van der Waals surface area contributed by atoms with Crippen molar-refractivity contribution < 1.29 is 18.7 Å². The Morgan fingerprint density at radius 3 is 2.19 bits per heavy atom. The van der Waals surface area contributed by atoms with E-state index in [1.54, 1.807) is 38.1 Å². The van der Waals surface area contributed by atoms with Crippen LogP contribution in [0.2, 0.25) is 5.02 Å². The Balaban J connectivity index is 2.01. The Labute approximate surface area is 185 Å². The van der Waals surface area contributed by atoms with Crippen molar-refractivity contribution >= 4 is 17.6 Å². The fourth-order valence-electron chi connectivity index (χ4n) is 3.36. The number of benzene rings is 3. The number of hydrogen-bond donors (Lipinski definition) is 0. The number of hydrogen-bond acceptors (Lipinski definition) is 4. The molecule has 0 bridgehead atoms. The van der Waals surface area contributed by atoms with E-state index in [1.807, 2.05) is 30.3 Å². The molecule has 0 spiro atoms. The van der Waals surface area contributed by atoms with Crippen LogP contribution in [-0.4, -0.2) is 11.6 Å². The standard InChI is InChI=1S/C25H21ClFNO3/c1-24(2,31-22-14-12-21(27)13-15-22)25(17-28,19-8-10-20(26)11-9-19)23(29)30-16-18-6-4-3-5-7-18/h3-15H,16H2,1-2H3. The molecule has 0 amide bonds. The van der Waals surface area contributed by atoms with Crippen LogP contribution in [0.1, 0.15) is 25.0 Å². The molecule has 0 N–H and O–H groups in total. The van der Waals surface area contributed by atoms with Crippen molar-refractivity contribution in [3.8, 4) is 11.8 Å². The van der Waals surface area contributed by atoms with Gasteiger partial charge in [-0.3, -0.25) is 0 Å². The van der Waals surface area contributed by atoms with Crippen molar-refractivity contribution in [3.05, 3.63) is 101 Å². The van der Waals surface area contributed by atoms with Crippen LogP contribution < -0.4 is 4.74 Å². The molecule has 31 heavy (non-hydrogen) atoms. The van der Waals surface area contributed by atoms with E-state index in [2.05, 4.69) is 6.07 Å². The minimum atomic E-state index is -1.82. The first-order valence-electron chi connectivity index (χ1n) is 9.61. The molecule has 4 nitrogen and oxygen atoms in total. The van der Waals surface area contributed by atoms with Crippen LogP contribution in [0.15, 0.2) is 78.9 Å². The zero-order valence-corrected chi connectivity index (χ0v) is 17.9. The lowest BCUT2D eigenvalue weighted by Crippen LogP contribution is -2.56. The molecule has 0 aliphatic heterocycles. The number of nitrogens with zero attached hydrogens (tertiary/aromatic N) is 1. The Kier molecular flexibility index (Phi) is 6.62. The summed E-state index contributed by atoms with van der Waals surface area (Å²) in [5.41, 5.74) is -2.03. The zero-order chi connectivity index (χ0) is 22.5. The smallest absolute Gasteiger partial charge is 0.335 e. The van der Waals surface area contributed by atoms with E-state index >= 15 is 0 Å². The lowest BCUT2D eigenvalue weighted by Gasteiger charge is -2.40. The SMILES string of the molecule is CC(C)(Oc1ccc(F)cc1)C(C#N)(C(=O)OCc1ccccc1)c1ccc(Cl)cc1. The molecule has 0 radical (unpaired) electrons. The van der Waals surface area contributed by atoms with E-state index in [-0.39, 0.29) is 6.61 Å². The average molecular weight is 438 g/mol. The van der Waals surface area contributed by atoms with Gasteiger partial charge in [-0.25, -0.2) is 9.18 Å². The molecule has 0 saturated heterocycles. The molecule has 1 atom stereocenters. The van der Waals surface area contributed by atoms with Gasteiger partial charge in [-0.2, -0.15) is 5.26 Å². The van der Waals surface area contributed by atoms with Crippen molar-refractivity contribution in [2.75, 3.05) is 0 Å². The molecule has 0 saturated carbocycles. The molecule has 0 aliphatic carbocycles.